The Hall–Kier alpha value is -0.563. The van der Waals surface area contributed by atoms with Gasteiger partial charge in [-0.1, -0.05) is 0 Å². The van der Waals surface area contributed by atoms with Crippen LogP contribution in [-0.4, -0.2) is 49.9 Å². The van der Waals surface area contributed by atoms with Gasteiger partial charge >= 0.3 is 18.9 Å². The molecule has 0 aliphatic rings. The fraction of sp³-hybridized carbons (Fsp3) is 0.143. The van der Waals surface area contributed by atoms with Crippen molar-refractivity contribution in [1.29, 1.82) is 0 Å². The topological polar surface area (TPSA) is 129 Å². The molecule has 3 N–H and O–H groups in total. The van der Waals surface area contributed by atoms with Crippen LogP contribution in [0.2, 0.25) is 0 Å². The van der Waals surface area contributed by atoms with E-state index in [4.69, 9.17) is 9.11 Å². The minimum atomic E-state index is -4.87. The van der Waals surface area contributed by atoms with Crippen LogP contribution in [0.5, 0.6) is 5.75 Å². The third-order valence-corrected chi connectivity index (χ3v) is 3.94. The molecule has 0 spiro atoms. The molecule has 1 aromatic carbocycles. The molecule has 0 aliphatic carbocycles. The van der Waals surface area contributed by atoms with E-state index in [1.807, 2.05) is 0 Å². The number of benzene rings is 1. The first-order valence-electron chi connectivity index (χ1n) is 3.82. The van der Waals surface area contributed by atoms with Crippen LogP contribution in [0.3, 0.4) is 0 Å². The maximum atomic E-state index is 10.9. The molecule has 0 amide bonds. The number of phenols is 1. The van der Waals surface area contributed by atoms with Crippen LogP contribution in [0.15, 0.2) is 21.9 Å². The zero-order chi connectivity index (χ0) is 12.7. The second-order valence-electron chi connectivity index (χ2n) is 2.99. The van der Waals surface area contributed by atoms with Crippen molar-refractivity contribution in [1.82, 2.24) is 0 Å². The molecule has 0 saturated carbocycles. The average molecular weight is 276 g/mol. The number of hydrogen-bond donors (Lipinski definition) is 3. The molecule has 0 aliphatic heterocycles. The van der Waals surface area contributed by atoms with E-state index in [0.717, 1.165) is 13.0 Å². The number of aromatic hydroxyl groups is 1. The molecule has 1 aromatic rings. The van der Waals surface area contributed by atoms with Crippen molar-refractivity contribution in [3.8, 4) is 5.75 Å². The molecule has 92 valence electrons. The average Bonchev–Trinajstić information content (AvgIpc) is 2.05. The van der Waals surface area contributed by atoms with Gasteiger partial charge < -0.3 is 5.11 Å². The van der Waals surface area contributed by atoms with Crippen LogP contribution in [0.4, 0.5) is 0 Å². The van der Waals surface area contributed by atoms with E-state index in [0.29, 0.717) is 6.07 Å². The van der Waals surface area contributed by atoms with E-state index >= 15 is 0 Å². The Labute approximate surface area is 110 Å². The first kappa shape index (κ1) is 16.4. The van der Waals surface area contributed by atoms with E-state index in [9.17, 15) is 21.9 Å². The molecule has 0 saturated heterocycles. The number of hydrogen-bond acceptors (Lipinski definition) is 5. The normalized spacial score (nSPS) is 11.9. The second kappa shape index (κ2) is 4.97. The fourth-order valence-electron chi connectivity index (χ4n) is 1.18. The Morgan fingerprint density at radius 1 is 1.00 bits per heavy atom. The molecule has 0 atom stereocenters. The van der Waals surface area contributed by atoms with E-state index in [1.54, 1.807) is 0 Å². The van der Waals surface area contributed by atoms with Crippen molar-refractivity contribution in [2.24, 2.45) is 0 Å². The monoisotopic (exact) mass is 276 g/mol. The first-order valence-corrected chi connectivity index (χ1v) is 6.70. The summed E-state index contributed by atoms with van der Waals surface area (Å²) in [5, 5.41) is 9.20. The van der Waals surface area contributed by atoms with Gasteiger partial charge in [-0.25, -0.2) is 0 Å². The number of phenolic OH excluding ortho intramolecular Hbond substituents is 1. The van der Waals surface area contributed by atoms with E-state index in [1.165, 1.54) is 0 Å². The molecule has 0 bridgehead atoms. The molecule has 7 nitrogen and oxygen atoms in total. The van der Waals surface area contributed by atoms with Crippen molar-refractivity contribution in [2.75, 3.05) is 0 Å². The summed E-state index contributed by atoms with van der Waals surface area (Å²) in [6.07, 6.45) is 0. The Kier molecular flexibility index (Phi) is 4.81. The van der Waals surface area contributed by atoms with Gasteiger partial charge in [0.05, 0.1) is 0 Å². The van der Waals surface area contributed by atoms with Gasteiger partial charge in [-0.05, 0) is 19.1 Å². The summed E-state index contributed by atoms with van der Waals surface area (Å²) in [4.78, 5) is -2.01. The SMILES string of the molecule is Cc1c(O)ccc(S(=O)(=O)O)c1S(=O)(=O)O.[LiH]. The van der Waals surface area contributed by atoms with Gasteiger partial charge in [-0.2, -0.15) is 16.8 Å². The second-order valence-corrected chi connectivity index (χ2v) is 5.74. The Morgan fingerprint density at radius 3 is 1.82 bits per heavy atom. The predicted molar refractivity (Wildman–Crippen MR) is 59.6 cm³/mol. The van der Waals surface area contributed by atoms with Crippen molar-refractivity contribution in [3.05, 3.63) is 17.7 Å². The van der Waals surface area contributed by atoms with Crippen molar-refractivity contribution >= 4 is 39.1 Å². The summed E-state index contributed by atoms with van der Waals surface area (Å²) >= 11 is 0. The van der Waals surface area contributed by atoms with Crippen LogP contribution < -0.4 is 0 Å². The van der Waals surface area contributed by atoms with Gasteiger partial charge in [-0.3, -0.25) is 9.11 Å². The minimum absolute atomic E-state index is 0. The van der Waals surface area contributed by atoms with Crippen LogP contribution in [0.1, 0.15) is 5.56 Å². The predicted octanol–water partition coefficient (Wildman–Crippen LogP) is -0.454. The summed E-state index contributed by atoms with van der Waals surface area (Å²) in [7, 11) is -9.68. The van der Waals surface area contributed by atoms with Crippen LogP contribution in [0, 0.1) is 6.92 Å². The molecule has 0 fully saturated rings. The summed E-state index contributed by atoms with van der Waals surface area (Å²) in [5.41, 5.74) is -0.363. The molecule has 1 rings (SSSR count). The van der Waals surface area contributed by atoms with Gasteiger partial charge in [0.1, 0.15) is 15.5 Å². The van der Waals surface area contributed by atoms with E-state index < -0.39 is 35.8 Å². The van der Waals surface area contributed by atoms with Gasteiger partial charge in [0.2, 0.25) is 0 Å². The Balaban J connectivity index is 0.00000256. The van der Waals surface area contributed by atoms with Crippen molar-refractivity contribution in [2.45, 2.75) is 16.7 Å². The Bertz CT molecular complexity index is 632. The molecular weight excluding hydrogens is 267 g/mol. The van der Waals surface area contributed by atoms with E-state index in [-0.39, 0.29) is 24.4 Å². The Morgan fingerprint density at radius 2 is 1.47 bits per heavy atom. The van der Waals surface area contributed by atoms with Gasteiger partial charge in [0, 0.05) is 5.56 Å². The summed E-state index contributed by atoms with van der Waals surface area (Å²) in [6, 6.07) is 1.58. The zero-order valence-electron chi connectivity index (χ0n) is 7.95. The van der Waals surface area contributed by atoms with Crippen molar-refractivity contribution in [3.63, 3.8) is 0 Å². The summed E-state index contributed by atoms with van der Waals surface area (Å²) in [6.45, 7) is 1.09. The van der Waals surface area contributed by atoms with Gasteiger partial charge in [0.15, 0.2) is 0 Å². The van der Waals surface area contributed by atoms with Crippen molar-refractivity contribution < 1.29 is 31.0 Å². The van der Waals surface area contributed by atoms with E-state index in [2.05, 4.69) is 0 Å². The molecule has 0 unspecified atom stereocenters. The third kappa shape index (κ3) is 3.45. The standard InChI is InChI=1S/C7H8O7S2.Li.H/c1-4-5(8)2-3-6(15(9,10)11)7(4)16(12,13)14;;/h2-3,8H,1H3,(H,9,10,11)(H,12,13,14);;. The quantitative estimate of drug-likeness (QED) is 0.492. The molecular formula is C7H9LiO7S2. The molecule has 17 heavy (non-hydrogen) atoms. The zero-order valence-corrected chi connectivity index (χ0v) is 9.58. The molecule has 10 heteroatoms. The molecule has 0 radical (unpaired) electrons. The molecule has 0 heterocycles. The molecule has 0 aromatic heterocycles. The number of rotatable bonds is 2. The van der Waals surface area contributed by atoms with Gasteiger partial charge in [0.25, 0.3) is 20.2 Å². The van der Waals surface area contributed by atoms with Crippen LogP contribution in [0.25, 0.3) is 0 Å². The maximum absolute atomic E-state index is 10.9. The summed E-state index contributed by atoms with van der Waals surface area (Å²) in [5.74, 6) is -0.514. The first-order chi connectivity index (χ1) is 7.05. The third-order valence-electron chi connectivity index (χ3n) is 1.88. The van der Waals surface area contributed by atoms with Gasteiger partial charge in [-0.15, -0.1) is 0 Å². The van der Waals surface area contributed by atoms with Crippen LogP contribution >= 0.6 is 0 Å². The summed E-state index contributed by atoms with van der Waals surface area (Å²) < 4.78 is 61.2. The van der Waals surface area contributed by atoms with Crippen LogP contribution in [-0.2, 0) is 20.2 Å². The fourth-order valence-corrected chi connectivity index (χ4v) is 3.25.